The number of aliphatic hydroxyl groups is 4. The van der Waals surface area contributed by atoms with Gasteiger partial charge in [0.25, 0.3) is 0 Å². The number of allylic oxidation sites excluding steroid dienone is 8. The third-order valence-electron chi connectivity index (χ3n) is 18.9. The van der Waals surface area contributed by atoms with Gasteiger partial charge in [0.15, 0.2) is 0 Å². The molecule has 0 aromatic heterocycles. The fraction of sp³-hybridized carbons (Fsp3) is 0.889. The minimum absolute atomic E-state index is 0.114. The summed E-state index contributed by atoms with van der Waals surface area (Å²) < 4.78 is 5.74. The van der Waals surface area contributed by atoms with Crippen molar-refractivity contribution in [2.45, 2.75) is 367 Å². The van der Waals surface area contributed by atoms with Crippen molar-refractivity contribution < 1.29 is 30.0 Å². The maximum Gasteiger partial charge on any atom is 0.305 e. The van der Waals surface area contributed by atoms with Gasteiger partial charge in [-0.05, 0) is 129 Å². The third-order valence-corrected chi connectivity index (χ3v) is 21.4. The van der Waals surface area contributed by atoms with Crippen molar-refractivity contribution in [1.29, 1.82) is 0 Å². The summed E-state index contributed by atoms with van der Waals surface area (Å²) in [6.45, 7) is 19.7. The van der Waals surface area contributed by atoms with E-state index >= 15 is 0 Å². The van der Waals surface area contributed by atoms with Gasteiger partial charge in [0, 0.05) is 83.4 Å². The quantitative estimate of drug-likeness (QED) is 0.0201. The number of carbonyl (C=O) groups is 1. The number of rotatable bonds is 73. The highest BCUT2D eigenvalue weighted by atomic mass is 33.1. The molecule has 93 heavy (non-hydrogen) atoms. The molecule has 0 spiro atoms. The maximum absolute atomic E-state index is 12.9. The summed E-state index contributed by atoms with van der Waals surface area (Å²) in [6, 6.07) is 0. The number of hydrogen-bond donors (Lipinski definition) is 4. The van der Waals surface area contributed by atoms with E-state index in [1.54, 1.807) is 0 Å². The van der Waals surface area contributed by atoms with Crippen LogP contribution in [-0.2, 0) is 9.53 Å². The van der Waals surface area contributed by atoms with Crippen LogP contribution < -0.4 is 0 Å². The van der Waals surface area contributed by atoms with Gasteiger partial charge in [-0.1, -0.05) is 291 Å². The molecule has 1 fully saturated rings. The van der Waals surface area contributed by atoms with Crippen LogP contribution in [-0.4, -0.2) is 167 Å². The van der Waals surface area contributed by atoms with Crippen molar-refractivity contribution in [2.24, 2.45) is 0 Å². The summed E-state index contributed by atoms with van der Waals surface area (Å²) in [5.74, 6) is 2.13. The van der Waals surface area contributed by atoms with Gasteiger partial charge in [-0.15, -0.1) is 0 Å². The molecule has 1 rings (SSSR count). The molecule has 0 bridgehead atoms. The molecular weight excluding hydrogens is 1190 g/mol. The number of carbonyl (C=O) groups excluding carboxylic acids is 1. The molecule has 0 amide bonds. The number of piperazine rings is 1. The lowest BCUT2D eigenvalue weighted by Gasteiger charge is -2.34. The molecule has 548 valence electrons. The van der Waals surface area contributed by atoms with E-state index in [-0.39, 0.29) is 30.4 Å². The lowest BCUT2D eigenvalue weighted by Crippen LogP contribution is -2.47. The smallest absolute Gasteiger partial charge is 0.305 e. The second-order valence-electron chi connectivity index (χ2n) is 28.1. The van der Waals surface area contributed by atoms with E-state index in [1.165, 1.54) is 205 Å². The zero-order valence-electron chi connectivity index (χ0n) is 61.9. The Labute approximate surface area is 585 Å². The van der Waals surface area contributed by atoms with Crippen molar-refractivity contribution in [3.05, 3.63) is 48.6 Å². The number of nitrogens with zero attached hydrogens (tertiary/aromatic N) is 4. The van der Waals surface area contributed by atoms with Gasteiger partial charge in [-0.25, -0.2) is 0 Å². The van der Waals surface area contributed by atoms with E-state index in [0.717, 1.165) is 167 Å². The largest absolute Gasteiger partial charge is 0.464 e. The highest BCUT2D eigenvalue weighted by molar-refractivity contribution is 8.76. The molecule has 1 aliphatic rings. The Bertz CT molecular complexity index is 1560. The second kappa shape index (κ2) is 72.1. The summed E-state index contributed by atoms with van der Waals surface area (Å²) in [6.07, 6.45) is 74.5. The first-order valence-corrected chi connectivity index (χ1v) is 42.8. The molecule has 4 N–H and O–H groups in total. The lowest BCUT2D eigenvalue weighted by molar-refractivity contribution is -0.144. The van der Waals surface area contributed by atoms with Crippen LogP contribution >= 0.6 is 21.6 Å². The molecule has 1 heterocycles. The molecule has 12 heteroatoms. The fourth-order valence-corrected chi connectivity index (χ4v) is 15.0. The molecule has 4 atom stereocenters. The van der Waals surface area contributed by atoms with Gasteiger partial charge in [0.2, 0.25) is 0 Å². The van der Waals surface area contributed by atoms with Crippen LogP contribution in [0.5, 0.6) is 0 Å². The molecule has 0 aromatic rings. The molecule has 1 saturated heterocycles. The van der Waals surface area contributed by atoms with E-state index in [2.05, 4.69) is 95.9 Å². The first-order valence-electron chi connectivity index (χ1n) is 40.3. The van der Waals surface area contributed by atoms with Crippen LogP contribution in [0, 0.1) is 0 Å². The monoisotopic (exact) mass is 1350 g/mol. The predicted molar refractivity (Wildman–Crippen MR) is 411 cm³/mol. The van der Waals surface area contributed by atoms with Crippen molar-refractivity contribution in [3.8, 4) is 0 Å². The molecule has 1 aliphatic heterocycles. The van der Waals surface area contributed by atoms with E-state index in [4.69, 9.17) is 4.74 Å². The molecule has 0 aromatic carbocycles. The van der Waals surface area contributed by atoms with Crippen LogP contribution in [0.15, 0.2) is 48.6 Å². The van der Waals surface area contributed by atoms with Gasteiger partial charge < -0.3 is 25.2 Å². The minimum atomic E-state index is -0.380. The van der Waals surface area contributed by atoms with Crippen LogP contribution in [0.3, 0.4) is 0 Å². The fourth-order valence-electron chi connectivity index (χ4n) is 12.8. The topological polar surface area (TPSA) is 120 Å². The summed E-state index contributed by atoms with van der Waals surface area (Å²) in [4.78, 5) is 22.5. The summed E-state index contributed by atoms with van der Waals surface area (Å²) in [7, 11) is 3.98. The number of esters is 1. The van der Waals surface area contributed by atoms with Crippen LogP contribution in [0.2, 0.25) is 0 Å². The maximum atomic E-state index is 12.9. The van der Waals surface area contributed by atoms with Crippen LogP contribution in [0.25, 0.3) is 0 Å². The highest BCUT2D eigenvalue weighted by Gasteiger charge is 2.20. The number of aliphatic hydroxyl groups excluding tert-OH is 4. The van der Waals surface area contributed by atoms with E-state index < -0.39 is 0 Å². The Kier molecular flexibility index (Phi) is 69.6. The van der Waals surface area contributed by atoms with Gasteiger partial charge in [-0.3, -0.25) is 24.4 Å². The summed E-state index contributed by atoms with van der Waals surface area (Å²) in [5, 5.41) is 44.6. The van der Waals surface area contributed by atoms with E-state index in [9.17, 15) is 25.2 Å². The highest BCUT2D eigenvalue weighted by Crippen LogP contribution is 2.24. The SMILES string of the molecule is CCCCC/C=C\C/C=C\CCCCCC[C@H](O)CN(CCCCSSCCN1CCN(CCOC(=O)CCCCN(CC(O)CCCCCCCCCCCC)CC(O)CCCCCCCCCCCC)CC1)C[C@@H](O)CCCCCC/C=C\C/C=C\CCCCC. The molecule has 10 nitrogen and oxygen atoms in total. The van der Waals surface area contributed by atoms with Crippen molar-refractivity contribution >= 4 is 27.6 Å². The third kappa shape index (κ3) is 65.2. The lowest BCUT2D eigenvalue weighted by atomic mass is 10.0. The predicted octanol–water partition coefficient (Wildman–Crippen LogP) is 21.0. The Balaban J connectivity index is 2.40. The summed E-state index contributed by atoms with van der Waals surface area (Å²) in [5.41, 5.74) is 0. The van der Waals surface area contributed by atoms with E-state index in [0.29, 0.717) is 39.2 Å². The Morgan fingerprint density at radius 3 is 1.04 bits per heavy atom. The minimum Gasteiger partial charge on any atom is -0.464 e. The van der Waals surface area contributed by atoms with Crippen molar-refractivity contribution in [1.82, 2.24) is 19.6 Å². The molecule has 2 unspecified atom stereocenters. The normalized spacial score (nSPS) is 15.0. The second-order valence-corrected chi connectivity index (χ2v) is 30.8. The van der Waals surface area contributed by atoms with Gasteiger partial charge >= 0.3 is 5.97 Å². The Hall–Kier alpha value is -1.19. The molecule has 0 radical (unpaired) electrons. The molecular formula is C81H156N4O6S2. The van der Waals surface area contributed by atoms with Crippen LogP contribution in [0.1, 0.15) is 342 Å². The standard InChI is InChI=1S/C81H156N4O6S2/c1-5-9-13-17-21-25-29-31-33-35-39-43-47-51-59-79(88)75-85(76-80(89)60-52-48-44-40-36-34-32-30-26-22-18-14-10-6-2)63-55-56-71-92-93-72-69-83-66-64-82(65-67-83)68-70-91-81(90)61-53-54-62-84(73-77(86)57-49-45-41-37-27-23-19-15-11-7-3)74-78(87)58-50-46-42-38-28-24-20-16-12-8-4/h21-22,25-26,31-34,77-80,86-89H,5-20,23-24,27-30,35-76H2,1-4H3/b25-21-,26-22-,33-31-,34-32-/t77?,78?,79-,80-/m0/s1. The number of unbranched alkanes of at least 4 members (excludes halogenated alkanes) is 34. The summed E-state index contributed by atoms with van der Waals surface area (Å²) >= 11 is 0. The van der Waals surface area contributed by atoms with Crippen molar-refractivity contribution in [3.63, 3.8) is 0 Å². The zero-order chi connectivity index (χ0) is 67.2. The van der Waals surface area contributed by atoms with Gasteiger partial charge in [-0.2, -0.15) is 0 Å². The van der Waals surface area contributed by atoms with E-state index in [1.807, 2.05) is 21.6 Å². The van der Waals surface area contributed by atoms with Crippen molar-refractivity contribution in [2.75, 3.05) is 96.6 Å². The van der Waals surface area contributed by atoms with Crippen LogP contribution in [0.4, 0.5) is 0 Å². The average molecular weight is 1350 g/mol. The number of ether oxygens (including phenoxy) is 1. The zero-order valence-corrected chi connectivity index (χ0v) is 63.5. The average Bonchev–Trinajstić information content (AvgIpc) is 3.76. The van der Waals surface area contributed by atoms with Gasteiger partial charge in [0.05, 0.1) is 24.4 Å². The first kappa shape index (κ1) is 89.8. The molecule has 0 aliphatic carbocycles. The van der Waals surface area contributed by atoms with Gasteiger partial charge in [0.1, 0.15) is 6.61 Å². The Morgan fingerprint density at radius 1 is 0.366 bits per heavy atom. The number of hydrogen-bond acceptors (Lipinski definition) is 12. The molecule has 0 saturated carbocycles. The first-order chi connectivity index (χ1) is 45.7. The Morgan fingerprint density at radius 2 is 0.667 bits per heavy atom.